The van der Waals surface area contributed by atoms with Crippen LogP contribution in [0.25, 0.3) is 5.69 Å². The molecule has 0 fully saturated rings. The van der Waals surface area contributed by atoms with E-state index in [1.165, 1.54) is 0 Å². The minimum Gasteiger partial charge on any atom is -0.382 e. The molecule has 0 spiro atoms. The van der Waals surface area contributed by atoms with Crippen LogP contribution in [0.4, 0.5) is 5.82 Å². The van der Waals surface area contributed by atoms with E-state index in [0.717, 1.165) is 63.6 Å². The molecule has 8 heteroatoms. The van der Waals surface area contributed by atoms with Gasteiger partial charge in [0.15, 0.2) is 5.96 Å². The van der Waals surface area contributed by atoms with Gasteiger partial charge >= 0.3 is 0 Å². The summed E-state index contributed by atoms with van der Waals surface area (Å²) in [5, 5.41) is 20.7. The molecule has 31 heavy (non-hydrogen) atoms. The van der Waals surface area contributed by atoms with Crippen LogP contribution in [0.3, 0.4) is 0 Å². The first kappa shape index (κ1) is 24.2. The maximum absolute atomic E-state index is 9.52. The van der Waals surface area contributed by atoms with Gasteiger partial charge in [-0.3, -0.25) is 4.99 Å². The zero-order chi connectivity index (χ0) is 22.3. The van der Waals surface area contributed by atoms with Crippen molar-refractivity contribution >= 4 is 11.8 Å². The minimum absolute atomic E-state index is 0.378. The first-order chi connectivity index (χ1) is 15.2. The summed E-state index contributed by atoms with van der Waals surface area (Å²) in [7, 11) is 0. The van der Waals surface area contributed by atoms with Crippen molar-refractivity contribution in [3.63, 3.8) is 0 Å². The number of para-hydroxylation sites is 1. The Morgan fingerprint density at radius 1 is 1.16 bits per heavy atom. The van der Waals surface area contributed by atoms with Crippen molar-refractivity contribution in [3.8, 4) is 11.8 Å². The summed E-state index contributed by atoms with van der Waals surface area (Å²) >= 11 is 0. The van der Waals surface area contributed by atoms with E-state index in [9.17, 15) is 5.26 Å². The number of nitriles is 1. The maximum atomic E-state index is 9.52. The molecule has 8 nitrogen and oxygen atoms in total. The van der Waals surface area contributed by atoms with Crippen LogP contribution < -0.4 is 16.4 Å². The molecule has 1 aromatic heterocycles. The summed E-state index contributed by atoms with van der Waals surface area (Å²) in [4.78, 5) is 4.62. The van der Waals surface area contributed by atoms with E-state index in [-0.39, 0.29) is 0 Å². The number of aryl methyl sites for hydroxylation is 1. The molecule has 0 aliphatic rings. The predicted molar refractivity (Wildman–Crippen MR) is 125 cm³/mol. The van der Waals surface area contributed by atoms with Gasteiger partial charge in [-0.2, -0.15) is 10.4 Å². The quantitative estimate of drug-likeness (QED) is 0.258. The third kappa shape index (κ3) is 7.95. The molecule has 0 unspecified atom stereocenters. The largest absolute Gasteiger partial charge is 0.382 e. The second-order valence-electron chi connectivity index (χ2n) is 7.18. The van der Waals surface area contributed by atoms with Crippen LogP contribution in [-0.4, -0.2) is 48.6 Å². The van der Waals surface area contributed by atoms with Crippen LogP contribution in [0.2, 0.25) is 0 Å². The molecule has 0 aliphatic carbocycles. The number of anilines is 1. The average molecular weight is 426 g/mol. The minimum atomic E-state index is 0.378. The van der Waals surface area contributed by atoms with Crippen molar-refractivity contribution in [2.45, 2.75) is 46.0 Å². The molecule has 0 saturated heterocycles. The molecule has 0 bridgehead atoms. The number of hydrogen-bond donors (Lipinski definition) is 3. The Morgan fingerprint density at radius 2 is 1.94 bits per heavy atom. The zero-order valence-electron chi connectivity index (χ0n) is 18.7. The number of ether oxygens (including phenoxy) is 1. The number of nitrogens with zero attached hydrogens (tertiary/aromatic N) is 4. The highest BCUT2D eigenvalue weighted by atomic mass is 16.5. The fourth-order valence-corrected chi connectivity index (χ4v) is 3.05. The molecule has 0 amide bonds. The Morgan fingerprint density at radius 3 is 2.65 bits per heavy atom. The molecule has 0 aliphatic heterocycles. The summed E-state index contributed by atoms with van der Waals surface area (Å²) in [6.45, 7) is 8.04. The molecule has 0 radical (unpaired) electrons. The smallest absolute Gasteiger partial charge is 0.191 e. The third-order valence-corrected chi connectivity index (χ3v) is 4.69. The molecule has 1 aromatic carbocycles. The van der Waals surface area contributed by atoms with Crippen molar-refractivity contribution in [3.05, 3.63) is 41.6 Å². The molecule has 2 aromatic rings. The second kappa shape index (κ2) is 14.0. The number of aromatic nitrogens is 2. The van der Waals surface area contributed by atoms with E-state index in [1.807, 2.05) is 37.3 Å². The molecule has 168 valence electrons. The van der Waals surface area contributed by atoms with Gasteiger partial charge in [0.05, 0.1) is 11.4 Å². The summed E-state index contributed by atoms with van der Waals surface area (Å²) in [6.07, 6.45) is 4.62. The van der Waals surface area contributed by atoms with Gasteiger partial charge in [-0.15, -0.1) is 0 Å². The lowest BCUT2D eigenvalue weighted by Gasteiger charge is -2.11. The van der Waals surface area contributed by atoms with E-state index < -0.39 is 0 Å². The monoisotopic (exact) mass is 425 g/mol. The van der Waals surface area contributed by atoms with Crippen LogP contribution in [0.5, 0.6) is 0 Å². The topological polar surface area (TPSA) is 113 Å². The number of nitrogens with two attached hydrogens (primary N) is 1. The highest BCUT2D eigenvalue weighted by Gasteiger charge is 2.16. The standard InChI is InChI=1S/C23H35N7O/c1-3-5-16-31-17-10-15-28-23(26-4-2)27-14-9-13-21-20(18-24)22(25)30(29-21)19-11-7-6-8-12-19/h6-8,11-12H,3-5,9-10,13-17,25H2,1-2H3,(H2,26,27,28). The van der Waals surface area contributed by atoms with Crippen molar-refractivity contribution in [2.24, 2.45) is 4.99 Å². The lowest BCUT2D eigenvalue weighted by Crippen LogP contribution is -2.38. The summed E-state index contributed by atoms with van der Waals surface area (Å²) in [5.74, 6) is 1.18. The van der Waals surface area contributed by atoms with Gasteiger partial charge < -0.3 is 21.1 Å². The summed E-state index contributed by atoms with van der Waals surface area (Å²) in [6, 6.07) is 11.8. The van der Waals surface area contributed by atoms with E-state index >= 15 is 0 Å². The number of nitrogen functional groups attached to an aromatic ring is 1. The maximum Gasteiger partial charge on any atom is 0.191 e. The van der Waals surface area contributed by atoms with Gasteiger partial charge in [0, 0.05) is 32.8 Å². The Kier molecular flexibility index (Phi) is 11.0. The van der Waals surface area contributed by atoms with Crippen molar-refractivity contribution in [1.29, 1.82) is 5.26 Å². The van der Waals surface area contributed by atoms with Crippen LogP contribution in [-0.2, 0) is 11.2 Å². The first-order valence-corrected chi connectivity index (χ1v) is 11.1. The lowest BCUT2D eigenvalue weighted by atomic mass is 10.1. The SMILES string of the molecule is CCCCOCCCNC(=NCCCc1nn(-c2ccccc2)c(N)c1C#N)NCC. The number of benzene rings is 1. The second-order valence-corrected chi connectivity index (χ2v) is 7.18. The van der Waals surface area contributed by atoms with Gasteiger partial charge in [0.25, 0.3) is 0 Å². The number of hydrogen-bond acceptors (Lipinski definition) is 5. The van der Waals surface area contributed by atoms with Crippen molar-refractivity contribution < 1.29 is 4.74 Å². The normalized spacial score (nSPS) is 11.3. The molecule has 1 heterocycles. The van der Waals surface area contributed by atoms with E-state index in [0.29, 0.717) is 30.0 Å². The molecule has 2 rings (SSSR count). The lowest BCUT2D eigenvalue weighted by molar-refractivity contribution is 0.129. The number of guanidine groups is 1. The molecular weight excluding hydrogens is 390 g/mol. The average Bonchev–Trinajstić information content (AvgIpc) is 3.11. The Hall–Kier alpha value is -3.05. The summed E-state index contributed by atoms with van der Waals surface area (Å²) < 4.78 is 7.21. The van der Waals surface area contributed by atoms with Gasteiger partial charge in [0.1, 0.15) is 17.5 Å². The summed E-state index contributed by atoms with van der Waals surface area (Å²) in [5.41, 5.74) is 8.17. The van der Waals surface area contributed by atoms with Gasteiger partial charge in [-0.1, -0.05) is 31.5 Å². The van der Waals surface area contributed by atoms with Crippen LogP contribution in [0.1, 0.15) is 50.8 Å². The van der Waals surface area contributed by atoms with Crippen LogP contribution in [0, 0.1) is 11.3 Å². The van der Waals surface area contributed by atoms with Crippen molar-refractivity contribution in [2.75, 3.05) is 38.6 Å². The Labute approximate surface area is 185 Å². The molecule has 0 atom stereocenters. The Bertz CT molecular complexity index is 840. The predicted octanol–water partition coefficient (Wildman–Crippen LogP) is 3.02. The third-order valence-electron chi connectivity index (χ3n) is 4.69. The highest BCUT2D eigenvalue weighted by molar-refractivity contribution is 5.79. The molecule has 0 saturated carbocycles. The Balaban J connectivity index is 1.85. The fraction of sp³-hybridized carbons (Fsp3) is 0.522. The highest BCUT2D eigenvalue weighted by Crippen LogP contribution is 2.21. The number of aliphatic imine (C=N–C) groups is 1. The molecule has 4 N–H and O–H groups in total. The van der Waals surface area contributed by atoms with Gasteiger partial charge in [-0.25, -0.2) is 4.68 Å². The zero-order valence-corrected chi connectivity index (χ0v) is 18.7. The van der Waals surface area contributed by atoms with E-state index in [1.54, 1.807) is 4.68 Å². The number of rotatable bonds is 13. The number of unbranched alkanes of at least 4 members (excludes halogenated alkanes) is 1. The van der Waals surface area contributed by atoms with Gasteiger partial charge in [-0.05, 0) is 44.7 Å². The molecular formula is C23H35N7O. The first-order valence-electron chi connectivity index (χ1n) is 11.1. The number of nitrogens with one attached hydrogen (secondary N) is 2. The van der Waals surface area contributed by atoms with Crippen LogP contribution >= 0.6 is 0 Å². The van der Waals surface area contributed by atoms with Crippen molar-refractivity contribution in [1.82, 2.24) is 20.4 Å². The van der Waals surface area contributed by atoms with E-state index in [2.05, 4.69) is 33.7 Å². The fourth-order valence-electron chi connectivity index (χ4n) is 3.05. The van der Waals surface area contributed by atoms with E-state index in [4.69, 9.17) is 10.5 Å². The van der Waals surface area contributed by atoms with Gasteiger partial charge in [0.2, 0.25) is 0 Å². The van der Waals surface area contributed by atoms with Crippen LogP contribution in [0.15, 0.2) is 35.3 Å².